The molecule has 0 saturated carbocycles. The van der Waals surface area contributed by atoms with Gasteiger partial charge in [-0.15, -0.1) is 0 Å². The summed E-state index contributed by atoms with van der Waals surface area (Å²) in [5.74, 6) is 1.74. The first-order valence-corrected chi connectivity index (χ1v) is 5.08. The third-order valence-electron chi connectivity index (χ3n) is 0.550. The fourth-order valence-corrected chi connectivity index (χ4v) is 2.10. The number of nitrogens with two attached hydrogens (primary N) is 1. The number of amidine groups is 1. The molecule has 0 aromatic heterocycles. The molecule has 0 fully saturated rings. The van der Waals surface area contributed by atoms with E-state index in [1.165, 1.54) is 10.8 Å². The van der Waals surface area contributed by atoms with Gasteiger partial charge in [-0.1, -0.05) is 24.6 Å². The van der Waals surface area contributed by atoms with Crippen molar-refractivity contribution in [1.82, 2.24) is 0 Å². The maximum absolute atomic E-state index is 6.86. The summed E-state index contributed by atoms with van der Waals surface area (Å²) in [5, 5.41) is 7.05. The van der Waals surface area contributed by atoms with E-state index >= 15 is 0 Å². The molecule has 0 atom stereocenters. The van der Waals surface area contributed by atoms with Gasteiger partial charge in [-0.25, -0.2) is 0 Å². The highest BCUT2D eigenvalue weighted by atomic mass is 33.1. The van der Waals surface area contributed by atoms with Crippen molar-refractivity contribution in [2.24, 2.45) is 11.7 Å². The Labute approximate surface area is 63.9 Å². The van der Waals surface area contributed by atoms with Crippen LogP contribution in [0.25, 0.3) is 0 Å². The lowest BCUT2D eigenvalue weighted by Gasteiger charge is -2.00. The summed E-state index contributed by atoms with van der Waals surface area (Å²) in [6, 6.07) is 0. The second kappa shape index (κ2) is 4.99. The molecule has 0 radical (unpaired) electrons. The van der Waals surface area contributed by atoms with Crippen LogP contribution in [0.15, 0.2) is 0 Å². The molecule has 0 unspecified atom stereocenters. The number of hydrogen-bond donors (Lipinski definition) is 2. The minimum Gasteiger partial charge on any atom is -0.378 e. The van der Waals surface area contributed by atoms with Crippen LogP contribution in [0, 0.1) is 11.3 Å². The van der Waals surface area contributed by atoms with Crippen molar-refractivity contribution in [2.45, 2.75) is 13.8 Å². The minimum atomic E-state index is 0.195. The van der Waals surface area contributed by atoms with E-state index in [0.29, 0.717) is 5.92 Å². The Kier molecular flexibility index (Phi) is 5.09. The predicted octanol–water partition coefficient (Wildman–Crippen LogP) is 1.92. The number of nitrogens with one attached hydrogen (secondary N) is 1. The van der Waals surface area contributed by atoms with Crippen LogP contribution < -0.4 is 5.73 Å². The summed E-state index contributed by atoms with van der Waals surface area (Å²) in [6.45, 7) is 4.29. The molecule has 0 aliphatic carbocycles. The quantitative estimate of drug-likeness (QED) is 0.380. The Morgan fingerprint density at radius 3 is 2.56 bits per heavy atom. The van der Waals surface area contributed by atoms with Crippen molar-refractivity contribution in [3.63, 3.8) is 0 Å². The van der Waals surface area contributed by atoms with Crippen molar-refractivity contribution in [3.8, 4) is 0 Å². The number of hydrogen-bond acceptors (Lipinski definition) is 3. The molecule has 0 aromatic carbocycles. The van der Waals surface area contributed by atoms with E-state index < -0.39 is 0 Å². The minimum absolute atomic E-state index is 0.195. The largest absolute Gasteiger partial charge is 0.378 e. The summed E-state index contributed by atoms with van der Waals surface area (Å²) in [5.41, 5.74) is 5.10. The highest BCUT2D eigenvalue weighted by Crippen LogP contribution is 2.22. The SMILES string of the molecule is CC(C)CSSC(=N)N. The molecule has 0 saturated heterocycles. The summed E-state index contributed by atoms with van der Waals surface area (Å²) in [7, 11) is 2.97. The highest BCUT2D eigenvalue weighted by molar-refractivity contribution is 8.82. The fourth-order valence-electron chi connectivity index (χ4n) is 0.234. The zero-order valence-corrected chi connectivity index (χ0v) is 7.31. The highest BCUT2D eigenvalue weighted by Gasteiger charge is 1.95. The standard InChI is InChI=1S/C5H12N2S2/c1-4(2)3-8-9-5(6)7/h4H,3H2,1-2H3,(H3,6,7). The van der Waals surface area contributed by atoms with E-state index in [1.807, 2.05) is 0 Å². The van der Waals surface area contributed by atoms with Crippen LogP contribution in [0.5, 0.6) is 0 Å². The van der Waals surface area contributed by atoms with E-state index in [-0.39, 0.29) is 5.17 Å². The second-order valence-electron chi connectivity index (χ2n) is 2.13. The summed E-state index contributed by atoms with van der Waals surface area (Å²) >= 11 is 0. The molecule has 0 bridgehead atoms. The maximum Gasteiger partial charge on any atom is 0.161 e. The van der Waals surface area contributed by atoms with Crippen LogP contribution in [0.2, 0.25) is 0 Å². The maximum atomic E-state index is 6.86. The van der Waals surface area contributed by atoms with Gasteiger partial charge in [0.2, 0.25) is 0 Å². The second-order valence-corrected chi connectivity index (χ2v) is 4.51. The molecule has 0 amide bonds. The van der Waals surface area contributed by atoms with Crippen LogP contribution in [0.1, 0.15) is 13.8 Å². The summed E-state index contributed by atoms with van der Waals surface area (Å²) < 4.78 is 0. The third-order valence-corrected chi connectivity index (χ3v) is 2.95. The van der Waals surface area contributed by atoms with Gasteiger partial charge in [0.05, 0.1) is 0 Å². The Hall–Kier alpha value is 0.170. The van der Waals surface area contributed by atoms with Crippen LogP contribution in [-0.4, -0.2) is 10.9 Å². The molecule has 0 aromatic rings. The van der Waals surface area contributed by atoms with Crippen LogP contribution in [0.3, 0.4) is 0 Å². The van der Waals surface area contributed by atoms with Gasteiger partial charge in [0.25, 0.3) is 0 Å². The molecule has 3 N–H and O–H groups in total. The van der Waals surface area contributed by atoms with E-state index in [4.69, 9.17) is 11.1 Å². The van der Waals surface area contributed by atoms with E-state index in [1.54, 1.807) is 10.8 Å². The molecular weight excluding hydrogens is 152 g/mol. The van der Waals surface area contributed by atoms with Crippen molar-refractivity contribution >= 4 is 26.8 Å². The van der Waals surface area contributed by atoms with Gasteiger partial charge in [0.1, 0.15) is 0 Å². The first kappa shape index (κ1) is 9.17. The molecule has 0 heterocycles. The van der Waals surface area contributed by atoms with Gasteiger partial charge in [-0.2, -0.15) is 0 Å². The third kappa shape index (κ3) is 8.17. The molecule has 0 rings (SSSR count). The van der Waals surface area contributed by atoms with Gasteiger partial charge in [-0.3, -0.25) is 5.41 Å². The lowest BCUT2D eigenvalue weighted by atomic mass is 10.3. The molecular formula is C5H12N2S2. The fraction of sp³-hybridized carbons (Fsp3) is 0.800. The normalized spacial score (nSPS) is 10.1. The van der Waals surface area contributed by atoms with Crippen molar-refractivity contribution in [1.29, 1.82) is 5.41 Å². The van der Waals surface area contributed by atoms with Gasteiger partial charge in [0.15, 0.2) is 5.17 Å². The van der Waals surface area contributed by atoms with Crippen molar-refractivity contribution in [2.75, 3.05) is 5.75 Å². The summed E-state index contributed by atoms with van der Waals surface area (Å²) in [6.07, 6.45) is 0. The molecule has 0 aliphatic heterocycles. The Morgan fingerprint density at radius 2 is 2.22 bits per heavy atom. The van der Waals surface area contributed by atoms with Crippen LogP contribution in [0.4, 0.5) is 0 Å². The Morgan fingerprint density at radius 1 is 1.67 bits per heavy atom. The van der Waals surface area contributed by atoms with Crippen molar-refractivity contribution in [3.05, 3.63) is 0 Å². The smallest absolute Gasteiger partial charge is 0.161 e. The zero-order valence-electron chi connectivity index (χ0n) is 5.68. The molecule has 54 valence electrons. The molecule has 2 nitrogen and oxygen atoms in total. The first-order chi connectivity index (χ1) is 4.13. The average Bonchev–Trinajstić information content (AvgIpc) is 1.63. The predicted molar refractivity (Wildman–Crippen MR) is 46.8 cm³/mol. The Balaban J connectivity index is 3.01. The Bertz CT molecular complexity index is 93.0. The van der Waals surface area contributed by atoms with Gasteiger partial charge >= 0.3 is 0 Å². The van der Waals surface area contributed by atoms with Gasteiger partial charge in [0, 0.05) is 5.75 Å². The van der Waals surface area contributed by atoms with Gasteiger partial charge in [-0.05, 0) is 16.7 Å². The molecule has 9 heavy (non-hydrogen) atoms. The van der Waals surface area contributed by atoms with E-state index in [9.17, 15) is 0 Å². The summed E-state index contributed by atoms with van der Waals surface area (Å²) in [4.78, 5) is 0. The van der Waals surface area contributed by atoms with E-state index in [2.05, 4.69) is 13.8 Å². The van der Waals surface area contributed by atoms with Crippen LogP contribution in [-0.2, 0) is 0 Å². The van der Waals surface area contributed by atoms with E-state index in [0.717, 1.165) is 5.75 Å². The number of rotatable bonds is 3. The van der Waals surface area contributed by atoms with Crippen LogP contribution >= 0.6 is 21.6 Å². The average molecular weight is 164 g/mol. The molecule has 4 heteroatoms. The van der Waals surface area contributed by atoms with Crippen molar-refractivity contribution < 1.29 is 0 Å². The molecule has 0 aliphatic rings. The zero-order chi connectivity index (χ0) is 7.28. The first-order valence-electron chi connectivity index (χ1n) is 2.76. The lowest BCUT2D eigenvalue weighted by Crippen LogP contribution is -2.01. The lowest BCUT2D eigenvalue weighted by molar-refractivity contribution is 0.752. The topological polar surface area (TPSA) is 49.9 Å². The molecule has 0 spiro atoms. The van der Waals surface area contributed by atoms with Gasteiger partial charge < -0.3 is 5.73 Å². The monoisotopic (exact) mass is 164 g/mol.